The number of aryl methyl sites for hydroxylation is 2. The normalized spacial score (nSPS) is 10.8. The van der Waals surface area contributed by atoms with Crippen LogP contribution in [0.4, 0.5) is 14.9 Å². The lowest BCUT2D eigenvalue weighted by Gasteiger charge is -2.16. The first-order valence-electron chi connectivity index (χ1n) is 7.60. The van der Waals surface area contributed by atoms with E-state index in [-0.39, 0.29) is 16.5 Å². The molecule has 0 aliphatic heterocycles. The van der Waals surface area contributed by atoms with Crippen molar-refractivity contribution in [3.8, 4) is 11.5 Å². The fourth-order valence-electron chi connectivity index (χ4n) is 2.67. The summed E-state index contributed by atoms with van der Waals surface area (Å²) in [6, 6.07) is 8.00. The molecule has 0 fully saturated rings. The summed E-state index contributed by atoms with van der Waals surface area (Å²) in [6.45, 7) is 1.79. The predicted molar refractivity (Wildman–Crippen MR) is 98.6 cm³/mol. The van der Waals surface area contributed by atoms with E-state index in [9.17, 15) is 14.0 Å². The molecule has 0 atom stereocenters. The molecular weight excluding hydrogens is 361 g/mol. The van der Waals surface area contributed by atoms with Gasteiger partial charge in [-0.05, 0) is 30.7 Å². The molecule has 0 bridgehead atoms. The first kappa shape index (κ1) is 17.8. The van der Waals surface area contributed by atoms with Crippen molar-refractivity contribution in [1.82, 2.24) is 4.57 Å². The van der Waals surface area contributed by atoms with E-state index in [2.05, 4.69) is 5.32 Å². The standard InChI is InChI=1S/C18H15ClFN3O3/c1-9-3-4-10-7-13(22-18(21)25)17(24)23(2)15(10)16(9)26-14-8-11(20)5-6-12(14)19/h3-8H,1-2H3,(H3,21,22,25). The Hall–Kier alpha value is -3.06. The molecule has 3 aromatic rings. The summed E-state index contributed by atoms with van der Waals surface area (Å²) in [5, 5.41) is 3.17. The molecule has 3 rings (SSSR count). The number of rotatable bonds is 3. The summed E-state index contributed by atoms with van der Waals surface area (Å²) in [5.74, 6) is -0.00148. The highest BCUT2D eigenvalue weighted by molar-refractivity contribution is 6.32. The highest BCUT2D eigenvalue weighted by Crippen LogP contribution is 2.36. The van der Waals surface area contributed by atoms with Gasteiger partial charge >= 0.3 is 6.03 Å². The second-order valence-electron chi connectivity index (χ2n) is 5.74. The quantitative estimate of drug-likeness (QED) is 0.727. The summed E-state index contributed by atoms with van der Waals surface area (Å²) >= 11 is 6.08. The van der Waals surface area contributed by atoms with Gasteiger partial charge in [0.1, 0.15) is 17.3 Å². The number of nitrogens with zero attached hydrogens (tertiary/aromatic N) is 1. The van der Waals surface area contributed by atoms with Crippen LogP contribution >= 0.6 is 11.6 Å². The fourth-order valence-corrected chi connectivity index (χ4v) is 2.82. The van der Waals surface area contributed by atoms with Crippen molar-refractivity contribution in [2.45, 2.75) is 6.92 Å². The maximum Gasteiger partial charge on any atom is 0.316 e. The molecular formula is C18H15ClFN3O3. The lowest BCUT2D eigenvalue weighted by atomic mass is 10.1. The highest BCUT2D eigenvalue weighted by Gasteiger charge is 2.16. The smallest absolute Gasteiger partial charge is 0.316 e. The second kappa shape index (κ2) is 6.68. The zero-order chi connectivity index (χ0) is 19.0. The monoisotopic (exact) mass is 375 g/mol. The van der Waals surface area contributed by atoms with Crippen molar-refractivity contribution in [1.29, 1.82) is 0 Å². The average molecular weight is 376 g/mol. The van der Waals surface area contributed by atoms with Crippen LogP contribution in [-0.4, -0.2) is 10.6 Å². The number of primary amides is 1. The number of halogens is 2. The fraction of sp³-hybridized carbons (Fsp3) is 0.111. The van der Waals surface area contributed by atoms with E-state index in [1.54, 1.807) is 19.1 Å². The Labute approximate surface area is 152 Å². The summed E-state index contributed by atoms with van der Waals surface area (Å²) in [6.07, 6.45) is 0. The number of pyridine rings is 1. The van der Waals surface area contributed by atoms with Crippen molar-refractivity contribution < 1.29 is 13.9 Å². The van der Waals surface area contributed by atoms with Gasteiger partial charge in [-0.3, -0.25) is 4.79 Å². The third-order valence-electron chi connectivity index (χ3n) is 3.89. The van der Waals surface area contributed by atoms with E-state index in [1.807, 2.05) is 0 Å². The lowest BCUT2D eigenvalue weighted by Crippen LogP contribution is -2.27. The van der Waals surface area contributed by atoms with Gasteiger partial charge in [0.15, 0.2) is 5.75 Å². The highest BCUT2D eigenvalue weighted by atomic mass is 35.5. The molecule has 1 aromatic heterocycles. The number of amides is 2. The van der Waals surface area contributed by atoms with E-state index in [1.165, 1.54) is 35.9 Å². The van der Waals surface area contributed by atoms with Crippen molar-refractivity contribution in [3.05, 3.63) is 63.2 Å². The molecule has 0 unspecified atom stereocenters. The van der Waals surface area contributed by atoms with Gasteiger partial charge in [0.05, 0.1) is 10.5 Å². The zero-order valence-electron chi connectivity index (χ0n) is 14.0. The van der Waals surface area contributed by atoms with Gasteiger partial charge in [-0.2, -0.15) is 0 Å². The molecule has 8 heteroatoms. The summed E-state index contributed by atoms with van der Waals surface area (Å²) < 4.78 is 20.7. The molecule has 26 heavy (non-hydrogen) atoms. The maximum atomic E-state index is 13.5. The van der Waals surface area contributed by atoms with Crippen LogP contribution in [0.3, 0.4) is 0 Å². The first-order chi connectivity index (χ1) is 12.3. The van der Waals surface area contributed by atoms with E-state index >= 15 is 0 Å². The third kappa shape index (κ3) is 3.21. The largest absolute Gasteiger partial charge is 0.453 e. The minimum absolute atomic E-state index is 0.0473. The number of fused-ring (bicyclic) bond motifs is 1. The number of nitrogens with two attached hydrogens (primary N) is 1. The number of anilines is 1. The summed E-state index contributed by atoms with van der Waals surface area (Å²) in [4.78, 5) is 23.6. The van der Waals surface area contributed by atoms with Crippen LogP contribution in [0, 0.1) is 12.7 Å². The summed E-state index contributed by atoms with van der Waals surface area (Å²) in [7, 11) is 1.54. The minimum atomic E-state index is -0.837. The van der Waals surface area contributed by atoms with Gasteiger partial charge < -0.3 is 20.4 Å². The molecule has 0 radical (unpaired) electrons. The number of aromatic nitrogens is 1. The predicted octanol–water partition coefficient (Wildman–Crippen LogP) is 3.92. The lowest BCUT2D eigenvalue weighted by molar-refractivity contribution is 0.259. The minimum Gasteiger partial charge on any atom is -0.453 e. The number of urea groups is 1. The Balaban J connectivity index is 2.24. The van der Waals surface area contributed by atoms with Gasteiger partial charge in [0.25, 0.3) is 5.56 Å². The molecule has 6 nitrogen and oxygen atoms in total. The molecule has 0 spiro atoms. The molecule has 0 saturated heterocycles. The Bertz CT molecular complexity index is 1100. The molecule has 0 aliphatic carbocycles. The number of hydrogen-bond donors (Lipinski definition) is 2. The van der Waals surface area contributed by atoms with E-state index < -0.39 is 17.4 Å². The second-order valence-corrected chi connectivity index (χ2v) is 6.14. The molecule has 134 valence electrons. The van der Waals surface area contributed by atoms with Gasteiger partial charge in [-0.1, -0.05) is 23.7 Å². The van der Waals surface area contributed by atoms with Crippen molar-refractivity contribution in [2.75, 3.05) is 5.32 Å². The Kier molecular flexibility index (Phi) is 4.56. The van der Waals surface area contributed by atoms with Crippen LogP contribution in [-0.2, 0) is 7.05 Å². The molecule has 2 amide bonds. The van der Waals surface area contributed by atoms with E-state index in [4.69, 9.17) is 22.1 Å². The SMILES string of the molecule is Cc1ccc2cc(NC(N)=O)c(=O)n(C)c2c1Oc1cc(F)ccc1Cl. The average Bonchev–Trinajstić information content (AvgIpc) is 2.57. The number of carbonyl (C=O) groups is 1. The zero-order valence-corrected chi connectivity index (χ0v) is 14.7. The third-order valence-corrected chi connectivity index (χ3v) is 4.21. The van der Waals surface area contributed by atoms with Crippen LogP contribution < -0.4 is 21.3 Å². The van der Waals surface area contributed by atoms with Crippen LogP contribution in [0.25, 0.3) is 10.9 Å². The Morgan fingerprint density at radius 2 is 2.00 bits per heavy atom. The number of hydrogen-bond acceptors (Lipinski definition) is 3. The maximum absolute atomic E-state index is 13.5. The number of ether oxygens (including phenoxy) is 1. The Morgan fingerprint density at radius 3 is 2.69 bits per heavy atom. The number of nitrogens with one attached hydrogen (secondary N) is 1. The molecule has 1 heterocycles. The Morgan fingerprint density at radius 1 is 1.27 bits per heavy atom. The van der Waals surface area contributed by atoms with Crippen LogP contribution in [0.1, 0.15) is 5.56 Å². The van der Waals surface area contributed by atoms with Crippen molar-refractivity contribution >= 4 is 34.2 Å². The van der Waals surface area contributed by atoms with Crippen LogP contribution in [0.2, 0.25) is 5.02 Å². The topological polar surface area (TPSA) is 86.4 Å². The number of benzene rings is 2. The van der Waals surface area contributed by atoms with Gasteiger partial charge in [-0.15, -0.1) is 0 Å². The molecule has 0 aliphatic rings. The molecule has 0 saturated carbocycles. The van der Waals surface area contributed by atoms with Crippen molar-refractivity contribution in [2.24, 2.45) is 12.8 Å². The van der Waals surface area contributed by atoms with Crippen LogP contribution in [0.15, 0.2) is 41.2 Å². The van der Waals surface area contributed by atoms with Crippen molar-refractivity contribution in [3.63, 3.8) is 0 Å². The first-order valence-corrected chi connectivity index (χ1v) is 7.98. The molecule has 2 aromatic carbocycles. The summed E-state index contributed by atoms with van der Waals surface area (Å²) in [5.41, 5.74) is 5.89. The van der Waals surface area contributed by atoms with Gasteiger partial charge in [-0.25, -0.2) is 9.18 Å². The number of carbonyl (C=O) groups excluding carboxylic acids is 1. The molecule has 3 N–H and O–H groups in total. The van der Waals surface area contributed by atoms with E-state index in [0.29, 0.717) is 16.7 Å². The van der Waals surface area contributed by atoms with Gasteiger partial charge in [0, 0.05) is 18.5 Å². The van der Waals surface area contributed by atoms with Gasteiger partial charge in [0.2, 0.25) is 0 Å². The van der Waals surface area contributed by atoms with Crippen LogP contribution in [0.5, 0.6) is 11.5 Å². The van der Waals surface area contributed by atoms with E-state index in [0.717, 1.165) is 5.56 Å².